The first-order valence-corrected chi connectivity index (χ1v) is 5.55. The van der Waals surface area contributed by atoms with E-state index in [1.165, 1.54) is 0 Å². The van der Waals surface area contributed by atoms with E-state index in [9.17, 15) is 0 Å². The SMILES string of the molecule is NNC(c1cccs1)c1ccccc1N. The molecule has 0 bridgehead atoms. The monoisotopic (exact) mass is 219 g/mol. The van der Waals surface area contributed by atoms with Crippen LogP contribution in [0.4, 0.5) is 5.69 Å². The number of anilines is 1. The van der Waals surface area contributed by atoms with Crippen LogP contribution >= 0.6 is 11.3 Å². The molecule has 0 radical (unpaired) electrons. The molecule has 0 aliphatic heterocycles. The Labute approximate surface area is 92.7 Å². The fourth-order valence-electron chi connectivity index (χ4n) is 1.55. The van der Waals surface area contributed by atoms with Crippen molar-refractivity contribution < 1.29 is 0 Å². The molecule has 4 heteroatoms. The number of hydrogen-bond donors (Lipinski definition) is 3. The molecular formula is C11H13N3S. The number of nitrogens with one attached hydrogen (secondary N) is 1. The first-order valence-electron chi connectivity index (χ1n) is 4.67. The molecule has 1 heterocycles. The maximum Gasteiger partial charge on any atom is 0.0822 e. The van der Waals surface area contributed by atoms with Gasteiger partial charge in [0, 0.05) is 10.6 Å². The third-order valence-corrected chi connectivity index (χ3v) is 3.24. The molecule has 0 aliphatic rings. The smallest absolute Gasteiger partial charge is 0.0822 e. The van der Waals surface area contributed by atoms with E-state index in [1.54, 1.807) is 11.3 Å². The minimum Gasteiger partial charge on any atom is -0.398 e. The molecule has 1 aromatic carbocycles. The lowest BCUT2D eigenvalue weighted by atomic mass is 10.0. The van der Waals surface area contributed by atoms with E-state index >= 15 is 0 Å². The maximum absolute atomic E-state index is 5.91. The molecule has 5 N–H and O–H groups in total. The van der Waals surface area contributed by atoms with Crippen LogP contribution in [0.1, 0.15) is 16.5 Å². The van der Waals surface area contributed by atoms with Crippen molar-refractivity contribution in [1.29, 1.82) is 0 Å². The second kappa shape index (κ2) is 4.44. The van der Waals surface area contributed by atoms with Gasteiger partial charge in [0.1, 0.15) is 0 Å². The summed E-state index contributed by atoms with van der Waals surface area (Å²) in [5.74, 6) is 5.57. The van der Waals surface area contributed by atoms with Gasteiger partial charge in [0.25, 0.3) is 0 Å². The van der Waals surface area contributed by atoms with Crippen LogP contribution in [0.3, 0.4) is 0 Å². The Morgan fingerprint density at radius 2 is 1.93 bits per heavy atom. The molecule has 2 rings (SSSR count). The summed E-state index contributed by atoms with van der Waals surface area (Å²) < 4.78 is 0. The van der Waals surface area contributed by atoms with Gasteiger partial charge in [0.2, 0.25) is 0 Å². The largest absolute Gasteiger partial charge is 0.398 e. The number of nitrogens with two attached hydrogens (primary N) is 2. The first kappa shape index (κ1) is 10.2. The molecule has 15 heavy (non-hydrogen) atoms. The van der Waals surface area contributed by atoms with E-state index in [4.69, 9.17) is 11.6 Å². The second-order valence-electron chi connectivity index (χ2n) is 3.24. The highest BCUT2D eigenvalue weighted by atomic mass is 32.1. The molecular weight excluding hydrogens is 206 g/mol. The number of hydrazine groups is 1. The lowest BCUT2D eigenvalue weighted by molar-refractivity contribution is 0.648. The molecule has 3 nitrogen and oxygen atoms in total. The summed E-state index contributed by atoms with van der Waals surface area (Å²) in [6.07, 6.45) is 0. The topological polar surface area (TPSA) is 64.1 Å². The number of benzene rings is 1. The summed E-state index contributed by atoms with van der Waals surface area (Å²) in [5, 5.41) is 2.03. The fraction of sp³-hybridized carbons (Fsp3) is 0.0909. The molecule has 2 aromatic rings. The zero-order chi connectivity index (χ0) is 10.7. The number of thiophene rings is 1. The Hall–Kier alpha value is -1.36. The normalized spacial score (nSPS) is 12.6. The Morgan fingerprint density at radius 1 is 1.13 bits per heavy atom. The van der Waals surface area contributed by atoms with Crippen LogP contribution in [0.5, 0.6) is 0 Å². The first-order chi connectivity index (χ1) is 7.33. The minimum absolute atomic E-state index is 0.0220. The van der Waals surface area contributed by atoms with E-state index in [-0.39, 0.29) is 6.04 Å². The summed E-state index contributed by atoms with van der Waals surface area (Å²) in [5.41, 5.74) is 10.5. The van der Waals surface area contributed by atoms with Crippen LogP contribution < -0.4 is 17.0 Å². The van der Waals surface area contributed by atoms with Gasteiger partial charge in [0.15, 0.2) is 0 Å². The highest BCUT2D eigenvalue weighted by Crippen LogP contribution is 2.28. The molecule has 1 unspecified atom stereocenters. The van der Waals surface area contributed by atoms with Crippen LogP contribution in [0.2, 0.25) is 0 Å². The van der Waals surface area contributed by atoms with Gasteiger partial charge in [-0.15, -0.1) is 11.3 Å². The van der Waals surface area contributed by atoms with Crippen molar-refractivity contribution in [3.05, 3.63) is 52.2 Å². The fourth-order valence-corrected chi connectivity index (χ4v) is 2.36. The minimum atomic E-state index is -0.0220. The maximum atomic E-state index is 5.91. The molecule has 0 saturated carbocycles. The Balaban J connectivity index is 2.40. The van der Waals surface area contributed by atoms with E-state index < -0.39 is 0 Å². The van der Waals surface area contributed by atoms with E-state index in [0.29, 0.717) is 0 Å². The van der Waals surface area contributed by atoms with Gasteiger partial charge in [-0.05, 0) is 23.1 Å². The Kier molecular flexibility index (Phi) is 3.01. The van der Waals surface area contributed by atoms with Gasteiger partial charge < -0.3 is 5.73 Å². The molecule has 1 atom stereocenters. The van der Waals surface area contributed by atoms with Crippen molar-refractivity contribution in [2.45, 2.75) is 6.04 Å². The zero-order valence-electron chi connectivity index (χ0n) is 8.18. The molecule has 0 amide bonds. The summed E-state index contributed by atoms with van der Waals surface area (Å²) in [6, 6.07) is 11.8. The van der Waals surface area contributed by atoms with Crippen molar-refractivity contribution in [2.75, 3.05) is 5.73 Å². The van der Waals surface area contributed by atoms with Crippen LogP contribution in [0.15, 0.2) is 41.8 Å². The highest BCUT2D eigenvalue weighted by Gasteiger charge is 2.15. The third kappa shape index (κ3) is 2.02. The lowest BCUT2D eigenvalue weighted by Crippen LogP contribution is -2.28. The lowest BCUT2D eigenvalue weighted by Gasteiger charge is -2.16. The molecule has 1 aromatic heterocycles. The van der Waals surface area contributed by atoms with Crippen molar-refractivity contribution in [1.82, 2.24) is 5.43 Å². The number of nitrogen functional groups attached to an aromatic ring is 1. The summed E-state index contributed by atoms with van der Waals surface area (Å²) in [4.78, 5) is 1.16. The predicted octanol–water partition coefficient (Wildman–Crippen LogP) is 1.88. The van der Waals surface area contributed by atoms with Crippen LogP contribution in [0.25, 0.3) is 0 Å². The van der Waals surface area contributed by atoms with Crippen molar-refractivity contribution in [3.8, 4) is 0 Å². The second-order valence-corrected chi connectivity index (χ2v) is 4.22. The average molecular weight is 219 g/mol. The average Bonchev–Trinajstić information content (AvgIpc) is 2.75. The quantitative estimate of drug-likeness (QED) is 0.419. The van der Waals surface area contributed by atoms with Gasteiger partial charge in [-0.25, -0.2) is 5.43 Å². The van der Waals surface area contributed by atoms with Crippen LogP contribution in [-0.4, -0.2) is 0 Å². The third-order valence-electron chi connectivity index (χ3n) is 2.30. The molecule has 0 spiro atoms. The summed E-state index contributed by atoms with van der Waals surface area (Å²) in [6.45, 7) is 0. The zero-order valence-corrected chi connectivity index (χ0v) is 9.00. The van der Waals surface area contributed by atoms with Crippen LogP contribution in [0, 0.1) is 0 Å². The van der Waals surface area contributed by atoms with Gasteiger partial charge in [-0.3, -0.25) is 5.84 Å². The van der Waals surface area contributed by atoms with Crippen molar-refractivity contribution in [3.63, 3.8) is 0 Å². The molecule has 0 aliphatic carbocycles. The Bertz CT molecular complexity index is 425. The number of para-hydroxylation sites is 1. The molecule has 78 valence electrons. The predicted molar refractivity (Wildman–Crippen MR) is 64.3 cm³/mol. The highest BCUT2D eigenvalue weighted by molar-refractivity contribution is 7.10. The van der Waals surface area contributed by atoms with E-state index in [2.05, 4.69) is 5.43 Å². The van der Waals surface area contributed by atoms with Gasteiger partial charge in [-0.1, -0.05) is 24.3 Å². The Morgan fingerprint density at radius 3 is 2.53 bits per heavy atom. The number of rotatable bonds is 3. The standard InChI is InChI=1S/C11H13N3S/c12-9-5-2-1-4-8(9)11(14-13)10-6-3-7-15-10/h1-7,11,14H,12-13H2. The van der Waals surface area contributed by atoms with Gasteiger partial charge >= 0.3 is 0 Å². The van der Waals surface area contributed by atoms with Gasteiger partial charge in [0.05, 0.1) is 6.04 Å². The van der Waals surface area contributed by atoms with Crippen molar-refractivity contribution in [2.24, 2.45) is 5.84 Å². The van der Waals surface area contributed by atoms with Gasteiger partial charge in [-0.2, -0.15) is 0 Å². The molecule has 0 fully saturated rings. The number of hydrogen-bond acceptors (Lipinski definition) is 4. The van der Waals surface area contributed by atoms with E-state index in [1.807, 2.05) is 41.8 Å². The summed E-state index contributed by atoms with van der Waals surface area (Å²) in [7, 11) is 0. The summed E-state index contributed by atoms with van der Waals surface area (Å²) >= 11 is 1.66. The van der Waals surface area contributed by atoms with Crippen molar-refractivity contribution >= 4 is 17.0 Å². The van der Waals surface area contributed by atoms with E-state index in [0.717, 1.165) is 16.1 Å². The molecule has 0 saturated heterocycles. The van der Waals surface area contributed by atoms with Crippen LogP contribution in [-0.2, 0) is 0 Å².